The van der Waals surface area contributed by atoms with E-state index < -0.39 is 12.0 Å². The number of carbonyl (C=O) groups is 2. The molecular formula is C16H22N3O3-. The van der Waals surface area contributed by atoms with E-state index in [0.29, 0.717) is 18.8 Å². The second-order valence-electron chi connectivity index (χ2n) is 5.69. The second-order valence-corrected chi connectivity index (χ2v) is 5.69. The summed E-state index contributed by atoms with van der Waals surface area (Å²) in [4.78, 5) is 25.3. The number of nitrogens with one attached hydrogen (secondary N) is 2. The van der Waals surface area contributed by atoms with Crippen molar-refractivity contribution in [2.45, 2.75) is 26.3 Å². The van der Waals surface area contributed by atoms with Crippen molar-refractivity contribution in [3.05, 3.63) is 29.3 Å². The Bertz CT molecular complexity index is 554. The number of hydrogen-bond acceptors (Lipinski definition) is 5. The van der Waals surface area contributed by atoms with Crippen molar-refractivity contribution in [1.82, 2.24) is 10.2 Å². The largest absolute Gasteiger partial charge is 0.548 e. The maximum absolute atomic E-state index is 12.2. The van der Waals surface area contributed by atoms with Gasteiger partial charge >= 0.3 is 0 Å². The van der Waals surface area contributed by atoms with E-state index in [1.807, 2.05) is 32.0 Å². The summed E-state index contributed by atoms with van der Waals surface area (Å²) in [5.74, 6) is -1.50. The minimum Gasteiger partial charge on any atom is -0.548 e. The summed E-state index contributed by atoms with van der Waals surface area (Å²) in [6.45, 7) is 6.56. The molecule has 1 aliphatic rings. The highest BCUT2D eigenvalue weighted by Crippen LogP contribution is 2.17. The summed E-state index contributed by atoms with van der Waals surface area (Å²) in [6, 6.07) is 4.84. The van der Waals surface area contributed by atoms with Crippen LogP contribution in [0.4, 0.5) is 5.69 Å². The van der Waals surface area contributed by atoms with Crippen molar-refractivity contribution in [2.75, 3.05) is 31.5 Å². The Hall–Kier alpha value is -1.92. The van der Waals surface area contributed by atoms with Gasteiger partial charge in [0.15, 0.2) is 0 Å². The smallest absolute Gasteiger partial charge is 0.226 e. The summed E-state index contributed by atoms with van der Waals surface area (Å²) >= 11 is 0. The fourth-order valence-corrected chi connectivity index (χ4v) is 2.69. The second kappa shape index (κ2) is 7.38. The van der Waals surface area contributed by atoms with Crippen LogP contribution < -0.4 is 15.7 Å². The van der Waals surface area contributed by atoms with Crippen LogP contribution in [0.15, 0.2) is 18.2 Å². The summed E-state index contributed by atoms with van der Waals surface area (Å²) in [6.07, 6.45) is -0.102. The highest BCUT2D eigenvalue weighted by molar-refractivity contribution is 5.94. The lowest BCUT2D eigenvalue weighted by atomic mass is 10.1. The molecular weight excluding hydrogens is 282 g/mol. The van der Waals surface area contributed by atoms with Gasteiger partial charge in [-0.05, 0) is 25.5 Å². The zero-order valence-electron chi connectivity index (χ0n) is 13.0. The number of amides is 1. The van der Waals surface area contributed by atoms with Crippen LogP contribution in [0.5, 0.6) is 0 Å². The van der Waals surface area contributed by atoms with E-state index >= 15 is 0 Å². The van der Waals surface area contributed by atoms with Gasteiger partial charge in [0.1, 0.15) is 0 Å². The van der Waals surface area contributed by atoms with Crippen LogP contribution in [-0.4, -0.2) is 49.0 Å². The minimum absolute atomic E-state index is 0.102. The lowest BCUT2D eigenvalue weighted by molar-refractivity contribution is -0.312. The van der Waals surface area contributed by atoms with E-state index in [2.05, 4.69) is 10.6 Å². The Morgan fingerprint density at radius 3 is 2.59 bits per heavy atom. The highest BCUT2D eigenvalue weighted by atomic mass is 16.4. The first-order chi connectivity index (χ1) is 10.5. The molecule has 6 nitrogen and oxygen atoms in total. The van der Waals surface area contributed by atoms with Gasteiger partial charge in [-0.2, -0.15) is 0 Å². The lowest BCUT2D eigenvalue weighted by Crippen LogP contribution is -2.55. The van der Waals surface area contributed by atoms with Gasteiger partial charge in [0.25, 0.3) is 0 Å². The Morgan fingerprint density at radius 2 is 2.00 bits per heavy atom. The van der Waals surface area contributed by atoms with Crippen LogP contribution >= 0.6 is 0 Å². The predicted octanol–water partition coefficient (Wildman–Crippen LogP) is -0.344. The first-order valence-corrected chi connectivity index (χ1v) is 7.50. The van der Waals surface area contributed by atoms with Crippen LogP contribution in [-0.2, 0) is 9.59 Å². The summed E-state index contributed by atoms with van der Waals surface area (Å²) in [5, 5.41) is 17.3. The fraction of sp³-hybridized carbons (Fsp3) is 0.500. The molecule has 2 N–H and O–H groups in total. The molecule has 6 heteroatoms. The number of nitrogens with zero attached hydrogens (tertiary/aromatic N) is 1. The molecule has 0 aliphatic carbocycles. The van der Waals surface area contributed by atoms with Crippen molar-refractivity contribution in [3.8, 4) is 0 Å². The molecule has 0 spiro atoms. The zero-order chi connectivity index (χ0) is 16.1. The SMILES string of the molecule is Cc1ccc(NC(=O)CC(C(=O)[O-])N2CCNCC2)c(C)c1. The number of aliphatic carboxylic acids is 1. The van der Waals surface area contributed by atoms with E-state index in [4.69, 9.17) is 0 Å². The Balaban J connectivity index is 2.00. The van der Waals surface area contributed by atoms with Gasteiger partial charge in [0.05, 0.1) is 12.0 Å². The van der Waals surface area contributed by atoms with E-state index in [9.17, 15) is 14.7 Å². The molecule has 1 atom stereocenters. The number of carbonyl (C=O) groups excluding carboxylic acids is 2. The molecule has 0 radical (unpaired) electrons. The van der Waals surface area contributed by atoms with E-state index in [-0.39, 0.29) is 12.3 Å². The van der Waals surface area contributed by atoms with Crippen LogP contribution in [0.25, 0.3) is 0 Å². The third kappa shape index (κ3) is 4.29. The van der Waals surface area contributed by atoms with Gasteiger partial charge in [0, 0.05) is 38.3 Å². The molecule has 2 rings (SSSR count). The van der Waals surface area contributed by atoms with Crippen molar-refractivity contribution in [3.63, 3.8) is 0 Å². The molecule has 1 saturated heterocycles. The van der Waals surface area contributed by atoms with E-state index in [1.165, 1.54) is 0 Å². The number of aryl methyl sites for hydroxylation is 2. The fourth-order valence-electron chi connectivity index (χ4n) is 2.69. The van der Waals surface area contributed by atoms with E-state index in [0.717, 1.165) is 24.2 Å². The summed E-state index contributed by atoms with van der Waals surface area (Å²) in [7, 11) is 0. The number of piperazine rings is 1. The van der Waals surface area contributed by atoms with Crippen LogP contribution in [0.3, 0.4) is 0 Å². The molecule has 1 unspecified atom stereocenters. The normalized spacial score (nSPS) is 17.0. The standard InChI is InChI=1S/C16H23N3O3/c1-11-3-4-13(12(2)9-11)18-15(20)10-14(16(21)22)19-7-5-17-6-8-19/h3-4,9,14,17H,5-8,10H2,1-2H3,(H,18,20)(H,21,22)/p-1. The average Bonchev–Trinajstić information content (AvgIpc) is 2.48. The van der Waals surface area contributed by atoms with Gasteiger partial charge in [0.2, 0.25) is 5.91 Å². The summed E-state index contributed by atoms with van der Waals surface area (Å²) in [5.41, 5.74) is 2.79. The van der Waals surface area contributed by atoms with Gasteiger partial charge < -0.3 is 20.5 Å². The molecule has 120 valence electrons. The predicted molar refractivity (Wildman–Crippen MR) is 82.4 cm³/mol. The van der Waals surface area contributed by atoms with Crippen molar-refractivity contribution >= 4 is 17.6 Å². The molecule has 1 heterocycles. The lowest BCUT2D eigenvalue weighted by Gasteiger charge is -2.35. The molecule has 1 aliphatic heterocycles. The number of carboxylic acids is 1. The third-order valence-electron chi connectivity index (χ3n) is 3.90. The number of anilines is 1. The summed E-state index contributed by atoms with van der Waals surface area (Å²) < 4.78 is 0. The molecule has 1 aromatic carbocycles. The topological polar surface area (TPSA) is 84.5 Å². The van der Waals surface area contributed by atoms with Crippen molar-refractivity contribution in [1.29, 1.82) is 0 Å². The average molecular weight is 304 g/mol. The van der Waals surface area contributed by atoms with Gasteiger partial charge in [-0.3, -0.25) is 9.69 Å². The van der Waals surface area contributed by atoms with Crippen LogP contribution in [0, 0.1) is 13.8 Å². The molecule has 1 amide bonds. The van der Waals surface area contributed by atoms with Crippen molar-refractivity contribution < 1.29 is 14.7 Å². The molecule has 1 aromatic rings. The van der Waals surface area contributed by atoms with Gasteiger partial charge in [-0.15, -0.1) is 0 Å². The molecule has 0 saturated carbocycles. The Labute approximate surface area is 130 Å². The van der Waals surface area contributed by atoms with Crippen LogP contribution in [0.2, 0.25) is 0 Å². The minimum atomic E-state index is -1.20. The van der Waals surface area contributed by atoms with E-state index in [1.54, 1.807) is 4.90 Å². The monoisotopic (exact) mass is 304 g/mol. The first-order valence-electron chi connectivity index (χ1n) is 7.50. The van der Waals surface area contributed by atoms with Crippen LogP contribution in [0.1, 0.15) is 17.5 Å². The Morgan fingerprint density at radius 1 is 1.32 bits per heavy atom. The van der Waals surface area contributed by atoms with Crippen molar-refractivity contribution in [2.24, 2.45) is 0 Å². The number of benzene rings is 1. The maximum Gasteiger partial charge on any atom is 0.226 e. The highest BCUT2D eigenvalue weighted by Gasteiger charge is 2.24. The maximum atomic E-state index is 12.2. The third-order valence-corrected chi connectivity index (χ3v) is 3.90. The molecule has 0 bridgehead atoms. The molecule has 1 fully saturated rings. The number of hydrogen-bond donors (Lipinski definition) is 2. The van der Waals surface area contributed by atoms with Gasteiger partial charge in [-0.1, -0.05) is 17.7 Å². The molecule has 22 heavy (non-hydrogen) atoms. The molecule has 0 aromatic heterocycles. The first kappa shape index (κ1) is 16.5. The quantitative estimate of drug-likeness (QED) is 0.777. The number of rotatable bonds is 5. The number of carboxylic acid groups (broad SMARTS) is 1. The Kier molecular flexibility index (Phi) is 5.51. The van der Waals surface area contributed by atoms with Gasteiger partial charge in [-0.25, -0.2) is 0 Å². The zero-order valence-corrected chi connectivity index (χ0v) is 13.0.